The lowest BCUT2D eigenvalue weighted by Gasteiger charge is -2.37. The first-order chi connectivity index (χ1) is 6.58. The summed E-state index contributed by atoms with van der Waals surface area (Å²) in [6.07, 6.45) is -0.517. The van der Waals surface area contributed by atoms with E-state index in [0.717, 1.165) is 0 Å². The highest BCUT2D eigenvalue weighted by molar-refractivity contribution is 5.94. The van der Waals surface area contributed by atoms with Crippen LogP contribution in [-0.4, -0.2) is 24.3 Å². The van der Waals surface area contributed by atoms with Crippen molar-refractivity contribution >= 4 is 18.3 Å². The average molecular weight is 234 g/mol. The van der Waals surface area contributed by atoms with Crippen molar-refractivity contribution in [1.29, 1.82) is 0 Å². The molecule has 2 aliphatic heterocycles. The Balaban J connectivity index is 0.00000112. The first kappa shape index (κ1) is 11.9. The maximum atomic E-state index is 11.5. The number of amides is 1. The SMILES string of the molecule is CC1NC2=C(NC1C)C(=O)NC(N)N2.Cl. The summed E-state index contributed by atoms with van der Waals surface area (Å²) in [5.74, 6) is 0.518. The molecule has 7 heteroatoms. The van der Waals surface area contributed by atoms with Crippen molar-refractivity contribution in [3.8, 4) is 0 Å². The van der Waals surface area contributed by atoms with Crippen molar-refractivity contribution in [3.05, 3.63) is 11.5 Å². The molecule has 0 fully saturated rings. The van der Waals surface area contributed by atoms with E-state index in [1.165, 1.54) is 0 Å². The van der Waals surface area contributed by atoms with Gasteiger partial charge in [0, 0.05) is 12.1 Å². The second kappa shape index (κ2) is 4.16. The van der Waals surface area contributed by atoms with Gasteiger partial charge in [0.15, 0.2) is 6.29 Å². The zero-order valence-corrected chi connectivity index (χ0v) is 9.44. The second-order valence-corrected chi connectivity index (χ2v) is 3.71. The molecule has 6 nitrogen and oxygen atoms in total. The number of carbonyl (C=O) groups is 1. The zero-order chi connectivity index (χ0) is 10.3. The summed E-state index contributed by atoms with van der Waals surface area (Å²) in [5.41, 5.74) is 6.11. The van der Waals surface area contributed by atoms with Crippen LogP contribution in [0.1, 0.15) is 13.8 Å². The van der Waals surface area contributed by atoms with Gasteiger partial charge in [0.25, 0.3) is 5.91 Å². The third-order valence-electron chi connectivity index (χ3n) is 2.56. The van der Waals surface area contributed by atoms with E-state index < -0.39 is 6.29 Å². The molecule has 1 amide bonds. The van der Waals surface area contributed by atoms with E-state index in [4.69, 9.17) is 5.73 Å². The fraction of sp³-hybridized carbons (Fsp3) is 0.625. The van der Waals surface area contributed by atoms with Gasteiger partial charge in [0.2, 0.25) is 0 Å². The maximum absolute atomic E-state index is 11.5. The van der Waals surface area contributed by atoms with Crippen LogP contribution in [0.4, 0.5) is 0 Å². The van der Waals surface area contributed by atoms with Gasteiger partial charge in [0.05, 0.1) is 0 Å². The topological polar surface area (TPSA) is 91.2 Å². The number of carbonyl (C=O) groups excluding carboxylic acids is 1. The van der Waals surface area contributed by atoms with Crippen molar-refractivity contribution in [2.24, 2.45) is 5.73 Å². The van der Waals surface area contributed by atoms with Crippen LogP contribution in [0, 0.1) is 0 Å². The van der Waals surface area contributed by atoms with Crippen LogP contribution in [0.25, 0.3) is 0 Å². The normalized spacial score (nSPS) is 33.8. The second-order valence-electron chi connectivity index (χ2n) is 3.71. The highest BCUT2D eigenvalue weighted by atomic mass is 35.5. The number of hydrogen-bond acceptors (Lipinski definition) is 5. The molecule has 3 atom stereocenters. The fourth-order valence-corrected chi connectivity index (χ4v) is 1.55. The third kappa shape index (κ3) is 2.10. The van der Waals surface area contributed by atoms with Gasteiger partial charge in [-0.05, 0) is 13.8 Å². The Morgan fingerprint density at radius 2 is 1.67 bits per heavy atom. The lowest BCUT2D eigenvalue weighted by molar-refractivity contribution is -0.119. The first-order valence-corrected chi connectivity index (χ1v) is 4.68. The van der Waals surface area contributed by atoms with E-state index in [1.54, 1.807) is 0 Å². The zero-order valence-electron chi connectivity index (χ0n) is 8.63. The predicted molar refractivity (Wildman–Crippen MR) is 58.7 cm³/mol. The fourth-order valence-electron chi connectivity index (χ4n) is 1.55. The Kier molecular flexibility index (Phi) is 3.31. The van der Waals surface area contributed by atoms with E-state index in [9.17, 15) is 4.79 Å². The largest absolute Gasteiger partial charge is 0.373 e. The number of nitrogens with one attached hydrogen (secondary N) is 4. The molecule has 0 saturated heterocycles. The Labute approximate surface area is 94.4 Å². The Bertz CT molecular complexity index is 305. The summed E-state index contributed by atoms with van der Waals surface area (Å²) in [4.78, 5) is 11.5. The van der Waals surface area contributed by atoms with Crippen molar-refractivity contribution in [3.63, 3.8) is 0 Å². The lowest BCUT2D eigenvalue weighted by atomic mass is 10.1. The van der Waals surface area contributed by atoms with Crippen LogP contribution in [0.15, 0.2) is 11.5 Å². The summed E-state index contributed by atoms with van der Waals surface area (Å²) in [6.45, 7) is 4.06. The van der Waals surface area contributed by atoms with Gasteiger partial charge >= 0.3 is 0 Å². The van der Waals surface area contributed by atoms with Crippen molar-refractivity contribution < 1.29 is 4.79 Å². The molecule has 3 unspecified atom stereocenters. The monoisotopic (exact) mass is 233 g/mol. The van der Waals surface area contributed by atoms with Crippen molar-refractivity contribution in [1.82, 2.24) is 21.3 Å². The van der Waals surface area contributed by atoms with E-state index in [0.29, 0.717) is 11.5 Å². The lowest BCUT2D eigenvalue weighted by Crippen LogP contribution is -2.64. The molecular weight excluding hydrogens is 218 g/mol. The van der Waals surface area contributed by atoms with Crippen LogP contribution in [0.5, 0.6) is 0 Å². The molecule has 0 aromatic carbocycles. The molecule has 86 valence electrons. The standard InChI is InChI=1S/C8H15N5O.ClH/c1-3-4(2)11-6-5(10-3)7(14)13-8(9)12-6;/h3-4,8,10-12H,9H2,1-2H3,(H,13,14);1H. The van der Waals surface area contributed by atoms with Gasteiger partial charge < -0.3 is 21.3 Å². The molecule has 15 heavy (non-hydrogen) atoms. The summed E-state index contributed by atoms with van der Waals surface area (Å²) in [5, 5.41) is 11.9. The highest BCUT2D eigenvalue weighted by Crippen LogP contribution is 2.11. The summed E-state index contributed by atoms with van der Waals surface area (Å²) in [7, 11) is 0. The molecule has 0 radical (unpaired) electrons. The summed E-state index contributed by atoms with van der Waals surface area (Å²) in [6, 6.07) is 0.481. The molecule has 0 spiro atoms. The van der Waals surface area contributed by atoms with Crippen LogP contribution in [0.3, 0.4) is 0 Å². The van der Waals surface area contributed by atoms with Crippen LogP contribution in [-0.2, 0) is 4.79 Å². The number of hydrogen-bond donors (Lipinski definition) is 5. The Morgan fingerprint density at radius 3 is 2.33 bits per heavy atom. The van der Waals surface area contributed by atoms with E-state index >= 15 is 0 Å². The molecule has 2 heterocycles. The molecule has 0 aromatic heterocycles. The van der Waals surface area contributed by atoms with E-state index in [1.807, 2.05) is 13.8 Å². The predicted octanol–water partition coefficient (Wildman–Crippen LogP) is -1.49. The van der Waals surface area contributed by atoms with Crippen LogP contribution < -0.4 is 27.0 Å². The van der Waals surface area contributed by atoms with E-state index in [-0.39, 0.29) is 30.4 Å². The van der Waals surface area contributed by atoms with Gasteiger partial charge in [0.1, 0.15) is 11.5 Å². The maximum Gasteiger partial charge on any atom is 0.273 e. The van der Waals surface area contributed by atoms with Crippen molar-refractivity contribution in [2.45, 2.75) is 32.2 Å². The van der Waals surface area contributed by atoms with Gasteiger partial charge in [-0.25, -0.2) is 0 Å². The molecule has 0 aliphatic carbocycles. The Morgan fingerprint density at radius 1 is 1.07 bits per heavy atom. The molecule has 2 aliphatic rings. The molecule has 0 bridgehead atoms. The summed E-state index contributed by atoms with van der Waals surface area (Å²) < 4.78 is 0. The summed E-state index contributed by atoms with van der Waals surface area (Å²) >= 11 is 0. The van der Waals surface area contributed by atoms with Crippen molar-refractivity contribution in [2.75, 3.05) is 0 Å². The highest BCUT2D eigenvalue weighted by Gasteiger charge is 2.31. The van der Waals surface area contributed by atoms with Gasteiger partial charge in [-0.15, -0.1) is 12.4 Å². The first-order valence-electron chi connectivity index (χ1n) is 4.68. The number of halogens is 1. The van der Waals surface area contributed by atoms with Gasteiger partial charge in [-0.2, -0.15) is 0 Å². The van der Waals surface area contributed by atoms with E-state index in [2.05, 4.69) is 21.3 Å². The average Bonchev–Trinajstić information content (AvgIpc) is 2.08. The van der Waals surface area contributed by atoms with Gasteiger partial charge in [-0.1, -0.05) is 0 Å². The minimum atomic E-state index is -0.517. The quantitative estimate of drug-likeness (QED) is 0.352. The molecule has 0 aromatic rings. The minimum Gasteiger partial charge on any atom is -0.373 e. The van der Waals surface area contributed by atoms with Crippen LogP contribution in [0.2, 0.25) is 0 Å². The molecule has 0 saturated carbocycles. The number of nitrogens with two attached hydrogens (primary N) is 1. The molecular formula is C8H16ClN5O. The molecule has 2 rings (SSSR count). The Hall–Kier alpha value is -1.14. The molecule has 6 N–H and O–H groups in total. The van der Waals surface area contributed by atoms with Gasteiger partial charge in [-0.3, -0.25) is 10.5 Å². The third-order valence-corrected chi connectivity index (χ3v) is 2.56. The minimum absolute atomic E-state index is 0. The number of rotatable bonds is 0. The smallest absolute Gasteiger partial charge is 0.273 e. The van der Waals surface area contributed by atoms with Crippen LogP contribution >= 0.6 is 12.4 Å².